The van der Waals surface area contributed by atoms with E-state index in [2.05, 4.69) is 37.9 Å². The van der Waals surface area contributed by atoms with Crippen LogP contribution in [0.1, 0.15) is 18.1 Å². The van der Waals surface area contributed by atoms with Crippen molar-refractivity contribution in [2.24, 2.45) is 9.98 Å². The number of aryl methyl sites for hydroxylation is 1. The molecule has 2 heterocycles. The van der Waals surface area contributed by atoms with Crippen LogP contribution in [0.25, 0.3) is 6.08 Å². The van der Waals surface area contributed by atoms with Crippen LogP contribution in [0.5, 0.6) is 0 Å². The molecular weight excluding hydrogens is 272 g/mol. The van der Waals surface area contributed by atoms with Gasteiger partial charge in [-0.3, -0.25) is 4.99 Å². The Bertz CT molecular complexity index is 742. The zero-order valence-corrected chi connectivity index (χ0v) is 13.2. The van der Waals surface area contributed by atoms with E-state index in [4.69, 9.17) is 4.99 Å². The second-order valence-corrected chi connectivity index (χ2v) is 7.30. The first-order valence-electron chi connectivity index (χ1n) is 6.26. The van der Waals surface area contributed by atoms with Gasteiger partial charge in [0, 0.05) is 27.8 Å². The first-order valence-corrected chi connectivity index (χ1v) is 8.23. The Morgan fingerprint density at radius 2 is 2.00 bits per heavy atom. The van der Waals surface area contributed by atoms with Gasteiger partial charge >= 0.3 is 0 Å². The Labute approximate surface area is 121 Å². The molecule has 0 fully saturated rings. The minimum Gasteiger partial charge on any atom is -0.270 e. The third-order valence-corrected chi connectivity index (χ3v) is 6.04. The molecule has 0 atom stereocenters. The Kier molecular flexibility index (Phi) is 3.31. The maximum atomic E-state index is 4.75. The molecule has 1 aromatic carbocycles. The highest BCUT2D eigenvalue weighted by atomic mass is 32.2. The lowest BCUT2D eigenvalue weighted by Gasteiger charge is -2.18. The van der Waals surface area contributed by atoms with Crippen molar-refractivity contribution in [3.05, 3.63) is 38.2 Å². The third-order valence-electron chi connectivity index (χ3n) is 3.63. The largest absolute Gasteiger partial charge is 0.270 e. The number of hydrogen-bond donors (Lipinski definition) is 0. The molecule has 0 aliphatic carbocycles. The van der Waals surface area contributed by atoms with Crippen LogP contribution in [0.4, 0.5) is 0 Å². The molecule has 0 spiro atoms. The van der Waals surface area contributed by atoms with E-state index in [-0.39, 0.29) is 0 Å². The fourth-order valence-electron chi connectivity index (χ4n) is 2.37. The SMILES string of the molecule is CN=C1N=c2cc(C)c(C)c3c2=CC1=C(C)SCS3. The van der Waals surface area contributed by atoms with Gasteiger partial charge in [0.05, 0.1) is 5.36 Å². The standard InChI is InChI=1S/C15H16N2S2/c1-8-5-13-12-6-11(15(16-4)17-13)10(3)18-7-19-14(12)9(8)2/h5-6H,7H2,1-4H3. The molecule has 0 saturated carbocycles. The van der Waals surface area contributed by atoms with Crippen molar-refractivity contribution in [3.63, 3.8) is 0 Å². The molecule has 0 radical (unpaired) electrons. The molecular formula is C15H16N2S2. The first-order chi connectivity index (χ1) is 9.11. The summed E-state index contributed by atoms with van der Waals surface area (Å²) in [6.07, 6.45) is 2.26. The zero-order valence-electron chi connectivity index (χ0n) is 11.6. The highest BCUT2D eigenvalue weighted by Gasteiger charge is 2.18. The van der Waals surface area contributed by atoms with Gasteiger partial charge in [-0.05, 0) is 48.9 Å². The van der Waals surface area contributed by atoms with Gasteiger partial charge < -0.3 is 0 Å². The number of rotatable bonds is 0. The summed E-state index contributed by atoms with van der Waals surface area (Å²) in [5, 5.41) is 3.39. The lowest BCUT2D eigenvalue weighted by Crippen LogP contribution is -2.34. The summed E-state index contributed by atoms with van der Waals surface area (Å²) < 4.78 is 0. The second kappa shape index (κ2) is 4.84. The van der Waals surface area contributed by atoms with Gasteiger partial charge in [-0.1, -0.05) is 0 Å². The molecule has 0 aromatic heterocycles. The Morgan fingerprint density at radius 3 is 2.74 bits per heavy atom. The van der Waals surface area contributed by atoms with E-state index in [1.54, 1.807) is 0 Å². The van der Waals surface area contributed by atoms with E-state index in [0.29, 0.717) is 0 Å². The molecule has 1 aromatic rings. The topological polar surface area (TPSA) is 24.7 Å². The van der Waals surface area contributed by atoms with Gasteiger partial charge in [-0.2, -0.15) is 0 Å². The van der Waals surface area contributed by atoms with Crippen molar-refractivity contribution >= 4 is 35.4 Å². The minimum absolute atomic E-state index is 0.860. The zero-order chi connectivity index (χ0) is 13.6. The molecule has 4 heteroatoms. The normalized spacial score (nSPS) is 19.7. The summed E-state index contributed by atoms with van der Waals surface area (Å²) >= 11 is 3.81. The van der Waals surface area contributed by atoms with E-state index < -0.39 is 0 Å². The van der Waals surface area contributed by atoms with Crippen LogP contribution in [0.3, 0.4) is 0 Å². The summed E-state index contributed by atoms with van der Waals surface area (Å²) in [7, 11) is 1.82. The molecule has 3 rings (SSSR count). The highest BCUT2D eigenvalue weighted by molar-refractivity contribution is 8.17. The smallest absolute Gasteiger partial charge is 0.155 e. The maximum absolute atomic E-state index is 4.75. The lowest BCUT2D eigenvalue weighted by atomic mass is 10.0. The number of fused-ring (bicyclic) bond motifs is 1. The van der Waals surface area contributed by atoms with Crippen molar-refractivity contribution in [2.45, 2.75) is 25.7 Å². The Morgan fingerprint density at radius 1 is 1.21 bits per heavy atom. The summed E-state index contributed by atoms with van der Waals surface area (Å²) in [5.41, 5.74) is 3.87. The average Bonchev–Trinajstić information content (AvgIpc) is 2.39. The van der Waals surface area contributed by atoms with Gasteiger partial charge in [-0.15, -0.1) is 23.5 Å². The average molecular weight is 288 g/mol. The Balaban J connectivity index is 2.49. The summed E-state index contributed by atoms with van der Waals surface area (Å²) in [6.45, 7) is 6.53. The number of amidine groups is 1. The van der Waals surface area contributed by atoms with Crippen LogP contribution in [-0.4, -0.2) is 18.0 Å². The van der Waals surface area contributed by atoms with Crippen molar-refractivity contribution in [1.82, 2.24) is 0 Å². The van der Waals surface area contributed by atoms with Crippen molar-refractivity contribution < 1.29 is 0 Å². The van der Waals surface area contributed by atoms with Crippen LogP contribution >= 0.6 is 23.5 Å². The number of aliphatic imine (C=N–C) groups is 1. The van der Waals surface area contributed by atoms with Crippen molar-refractivity contribution in [2.75, 3.05) is 12.1 Å². The molecule has 98 valence electrons. The second-order valence-electron chi connectivity index (χ2n) is 4.76. The van der Waals surface area contributed by atoms with Crippen LogP contribution in [0, 0.1) is 13.8 Å². The lowest BCUT2D eigenvalue weighted by molar-refractivity contribution is 1.13. The monoisotopic (exact) mass is 288 g/mol. The molecule has 2 bridgehead atoms. The van der Waals surface area contributed by atoms with E-state index >= 15 is 0 Å². The van der Waals surface area contributed by atoms with Crippen LogP contribution < -0.4 is 10.6 Å². The minimum atomic E-state index is 0.860. The summed E-state index contributed by atoms with van der Waals surface area (Å²) in [6, 6.07) is 2.18. The number of benzene rings is 1. The van der Waals surface area contributed by atoms with E-state index in [0.717, 1.165) is 16.3 Å². The highest BCUT2D eigenvalue weighted by Crippen LogP contribution is 2.32. The van der Waals surface area contributed by atoms with E-state index in [1.807, 2.05) is 30.6 Å². The predicted octanol–water partition coefficient (Wildman–Crippen LogP) is 2.82. The van der Waals surface area contributed by atoms with Gasteiger partial charge in [-0.25, -0.2) is 4.99 Å². The van der Waals surface area contributed by atoms with Gasteiger partial charge in [0.1, 0.15) is 0 Å². The first kappa shape index (κ1) is 13.0. The van der Waals surface area contributed by atoms with E-state index in [9.17, 15) is 0 Å². The van der Waals surface area contributed by atoms with Gasteiger partial charge in [0.2, 0.25) is 0 Å². The number of allylic oxidation sites excluding steroid dienone is 1. The molecule has 0 saturated heterocycles. The quantitative estimate of drug-likeness (QED) is 0.733. The third kappa shape index (κ3) is 2.07. The molecule has 2 aliphatic heterocycles. The Hall–Kier alpha value is -1.000. The molecule has 0 amide bonds. The number of nitrogens with zero attached hydrogens (tertiary/aromatic N) is 2. The van der Waals surface area contributed by atoms with Crippen LogP contribution in [0.2, 0.25) is 0 Å². The van der Waals surface area contributed by atoms with Gasteiger partial charge in [0.15, 0.2) is 5.84 Å². The maximum Gasteiger partial charge on any atom is 0.155 e. The number of thioether (sulfide) groups is 2. The van der Waals surface area contributed by atoms with Crippen LogP contribution in [-0.2, 0) is 0 Å². The van der Waals surface area contributed by atoms with Gasteiger partial charge in [0.25, 0.3) is 0 Å². The summed E-state index contributed by atoms with van der Waals surface area (Å²) in [5.74, 6) is 0.860. The molecule has 0 unspecified atom stereocenters. The fourth-order valence-corrected chi connectivity index (χ4v) is 4.79. The van der Waals surface area contributed by atoms with Crippen molar-refractivity contribution in [1.29, 1.82) is 0 Å². The predicted molar refractivity (Wildman–Crippen MR) is 85.5 cm³/mol. The molecule has 19 heavy (non-hydrogen) atoms. The molecule has 0 N–H and O–H groups in total. The number of hydrogen-bond acceptors (Lipinski definition) is 3. The van der Waals surface area contributed by atoms with E-state index in [1.165, 1.54) is 31.7 Å². The summed E-state index contributed by atoms with van der Waals surface area (Å²) in [4.78, 5) is 11.8. The molecule has 2 nitrogen and oxygen atoms in total. The molecule has 2 aliphatic rings. The van der Waals surface area contributed by atoms with Crippen LogP contribution in [0.15, 0.2) is 31.4 Å². The van der Waals surface area contributed by atoms with Crippen molar-refractivity contribution in [3.8, 4) is 0 Å². The fraction of sp³-hybridized carbons (Fsp3) is 0.333.